The number of benzene rings is 2. The average Bonchev–Trinajstić information content (AvgIpc) is 3.50. The number of nitrogens with one attached hydrogen (secondary N) is 1. The Kier molecular flexibility index (Phi) is 9.07. The maximum Gasteiger partial charge on any atom is 0.258 e. The summed E-state index contributed by atoms with van der Waals surface area (Å²) < 4.78 is 12.5. The first-order chi connectivity index (χ1) is 21.0. The van der Waals surface area contributed by atoms with E-state index in [1.165, 1.54) is 0 Å². The largest absolute Gasteiger partial charge is 0.492 e. The summed E-state index contributed by atoms with van der Waals surface area (Å²) in [7, 11) is 0. The lowest BCUT2D eigenvalue weighted by atomic mass is 9.75. The summed E-state index contributed by atoms with van der Waals surface area (Å²) in [4.78, 5) is 50.4. The van der Waals surface area contributed by atoms with Crippen molar-refractivity contribution in [2.45, 2.75) is 70.3 Å². The van der Waals surface area contributed by atoms with Gasteiger partial charge in [0.1, 0.15) is 11.6 Å². The van der Waals surface area contributed by atoms with Gasteiger partial charge in [0.15, 0.2) is 0 Å². The first-order valence-electron chi connectivity index (χ1n) is 15.9. The molecule has 0 aliphatic carbocycles. The second kappa shape index (κ2) is 13.3. The fraction of sp³-hybridized carbons (Fsp3) is 0.529. The highest BCUT2D eigenvalue weighted by atomic mass is 16.5. The number of rotatable bonds is 4. The summed E-state index contributed by atoms with van der Waals surface area (Å²) in [5.74, 6) is 1.43. The molecular weight excluding hydrogens is 544 g/mol. The van der Waals surface area contributed by atoms with Gasteiger partial charge in [-0.2, -0.15) is 0 Å². The minimum Gasteiger partial charge on any atom is -0.492 e. The number of aromatic amines is 1. The third-order valence-corrected chi connectivity index (χ3v) is 9.49. The van der Waals surface area contributed by atoms with Crippen molar-refractivity contribution >= 4 is 22.7 Å². The lowest BCUT2D eigenvalue weighted by Crippen LogP contribution is -2.45. The molecule has 2 amide bonds. The van der Waals surface area contributed by atoms with E-state index in [1.807, 2.05) is 52.3 Å². The molecule has 3 aromatic rings. The molecule has 2 fully saturated rings. The molecule has 228 valence electrons. The third kappa shape index (κ3) is 6.77. The van der Waals surface area contributed by atoms with E-state index in [0.717, 1.165) is 51.5 Å². The molecule has 2 aromatic carbocycles. The van der Waals surface area contributed by atoms with E-state index in [2.05, 4.69) is 9.97 Å². The molecule has 0 saturated carbocycles. The van der Waals surface area contributed by atoms with Crippen LogP contribution in [0.5, 0.6) is 5.75 Å². The Labute approximate surface area is 252 Å². The average molecular weight is 587 g/mol. The van der Waals surface area contributed by atoms with Gasteiger partial charge in [-0.1, -0.05) is 30.7 Å². The predicted octanol–water partition coefficient (Wildman–Crippen LogP) is 4.74. The van der Waals surface area contributed by atoms with E-state index >= 15 is 0 Å². The van der Waals surface area contributed by atoms with Gasteiger partial charge in [0, 0.05) is 44.5 Å². The van der Waals surface area contributed by atoms with Gasteiger partial charge in [-0.15, -0.1) is 0 Å². The molecule has 0 bridgehead atoms. The van der Waals surface area contributed by atoms with Gasteiger partial charge in [-0.25, -0.2) is 4.98 Å². The molecule has 1 aromatic heterocycles. The van der Waals surface area contributed by atoms with Crippen LogP contribution in [0.15, 0.2) is 53.3 Å². The van der Waals surface area contributed by atoms with Crippen molar-refractivity contribution in [3.05, 3.63) is 70.3 Å². The van der Waals surface area contributed by atoms with Crippen molar-refractivity contribution in [3.8, 4) is 5.75 Å². The van der Waals surface area contributed by atoms with Crippen LogP contribution in [-0.4, -0.2) is 77.1 Å². The van der Waals surface area contributed by atoms with Crippen LogP contribution < -0.4 is 10.3 Å². The number of hydrogen-bond acceptors (Lipinski definition) is 6. The number of H-pyrrole nitrogens is 1. The van der Waals surface area contributed by atoms with Crippen LogP contribution in [0.2, 0.25) is 0 Å². The number of aromatic nitrogens is 2. The minimum absolute atomic E-state index is 0.0243. The Morgan fingerprint density at radius 1 is 0.977 bits per heavy atom. The van der Waals surface area contributed by atoms with E-state index in [4.69, 9.17) is 9.47 Å². The van der Waals surface area contributed by atoms with Crippen LogP contribution >= 0.6 is 0 Å². The number of hydrogen-bond donors (Lipinski definition) is 1. The fourth-order valence-corrected chi connectivity index (χ4v) is 6.87. The van der Waals surface area contributed by atoms with Crippen molar-refractivity contribution < 1.29 is 19.1 Å². The van der Waals surface area contributed by atoms with Crippen molar-refractivity contribution in [1.82, 2.24) is 19.8 Å². The van der Waals surface area contributed by atoms with E-state index in [9.17, 15) is 14.4 Å². The van der Waals surface area contributed by atoms with Gasteiger partial charge in [0.25, 0.3) is 11.5 Å². The quantitative estimate of drug-likeness (QED) is 0.474. The monoisotopic (exact) mass is 586 g/mol. The van der Waals surface area contributed by atoms with E-state index in [0.29, 0.717) is 80.2 Å². The van der Waals surface area contributed by atoms with Crippen LogP contribution in [0.1, 0.15) is 74.0 Å². The first-order valence-corrected chi connectivity index (χ1v) is 15.9. The highest BCUT2D eigenvalue weighted by Crippen LogP contribution is 2.38. The lowest BCUT2D eigenvalue weighted by Gasteiger charge is -2.42. The van der Waals surface area contributed by atoms with E-state index in [1.54, 1.807) is 6.07 Å². The molecule has 2 saturated heterocycles. The molecule has 4 heterocycles. The van der Waals surface area contributed by atoms with E-state index in [-0.39, 0.29) is 28.8 Å². The van der Waals surface area contributed by atoms with Crippen molar-refractivity contribution in [3.63, 3.8) is 0 Å². The zero-order valence-electron chi connectivity index (χ0n) is 24.9. The van der Waals surface area contributed by atoms with Gasteiger partial charge in [0.2, 0.25) is 5.91 Å². The Hall–Kier alpha value is -3.72. The number of amides is 2. The summed E-state index contributed by atoms with van der Waals surface area (Å²) in [6.45, 7) is 3.97. The fourth-order valence-electron chi connectivity index (χ4n) is 6.87. The standard InChI is InChI=1S/C34H42N4O5/c39-31(15-7-14-30-35-28-12-3-1-10-26(28)32(40)36-30)37-20-17-34(18-21-37)16-5-6-22-42-23-25-9-8-19-38(25)33(41)27-11-2-4-13-29(27)43-24-34/h1-4,10-13,25H,5-9,14-24H2,(H,35,36,40)/t25-/m0/s1. The van der Waals surface area contributed by atoms with Gasteiger partial charge >= 0.3 is 0 Å². The molecule has 3 aliphatic heterocycles. The molecule has 1 atom stereocenters. The van der Waals surface area contributed by atoms with Gasteiger partial charge < -0.3 is 24.3 Å². The maximum absolute atomic E-state index is 13.5. The van der Waals surface area contributed by atoms with Crippen LogP contribution in [0, 0.1) is 5.41 Å². The van der Waals surface area contributed by atoms with Crippen LogP contribution in [-0.2, 0) is 16.0 Å². The highest BCUT2D eigenvalue weighted by Gasteiger charge is 2.37. The number of piperidine rings is 1. The second-order valence-electron chi connectivity index (χ2n) is 12.4. The number of aryl methyl sites for hydroxylation is 1. The molecule has 9 nitrogen and oxygen atoms in total. The van der Waals surface area contributed by atoms with Gasteiger partial charge in [-0.3, -0.25) is 14.4 Å². The Morgan fingerprint density at radius 2 is 1.79 bits per heavy atom. The maximum atomic E-state index is 13.5. The number of para-hydroxylation sites is 2. The molecule has 1 spiro atoms. The summed E-state index contributed by atoms with van der Waals surface area (Å²) in [6.07, 6.45) is 8.34. The Morgan fingerprint density at radius 3 is 2.67 bits per heavy atom. The summed E-state index contributed by atoms with van der Waals surface area (Å²) in [5.41, 5.74) is 1.11. The van der Waals surface area contributed by atoms with Crippen molar-refractivity contribution in [2.75, 3.05) is 39.5 Å². The van der Waals surface area contributed by atoms with Crippen molar-refractivity contribution in [2.24, 2.45) is 5.41 Å². The number of nitrogens with zero attached hydrogens (tertiary/aromatic N) is 3. The number of carbonyl (C=O) groups excluding carboxylic acids is 2. The highest BCUT2D eigenvalue weighted by molar-refractivity contribution is 5.97. The zero-order chi connectivity index (χ0) is 29.6. The lowest BCUT2D eigenvalue weighted by molar-refractivity contribution is -0.134. The van der Waals surface area contributed by atoms with Crippen LogP contribution in [0.25, 0.3) is 10.9 Å². The summed E-state index contributed by atoms with van der Waals surface area (Å²) in [6, 6.07) is 15.0. The molecule has 9 heteroatoms. The van der Waals surface area contributed by atoms with Crippen LogP contribution in [0.4, 0.5) is 0 Å². The van der Waals surface area contributed by atoms with Gasteiger partial charge in [-0.05, 0) is 69.2 Å². The minimum atomic E-state index is -0.141. The third-order valence-electron chi connectivity index (χ3n) is 9.49. The number of likely N-dealkylation sites (tertiary alicyclic amines) is 1. The van der Waals surface area contributed by atoms with Gasteiger partial charge in [0.05, 0.1) is 35.7 Å². The first kappa shape index (κ1) is 29.4. The van der Waals surface area contributed by atoms with Crippen LogP contribution in [0.3, 0.4) is 0 Å². The second-order valence-corrected chi connectivity index (χ2v) is 12.4. The number of ether oxygens (including phenoxy) is 2. The molecular formula is C34H42N4O5. The molecule has 3 aliphatic rings. The normalized spacial score (nSPS) is 21.2. The molecule has 0 radical (unpaired) electrons. The summed E-state index contributed by atoms with van der Waals surface area (Å²) >= 11 is 0. The molecule has 43 heavy (non-hydrogen) atoms. The summed E-state index contributed by atoms with van der Waals surface area (Å²) in [5, 5.41) is 0.578. The van der Waals surface area contributed by atoms with E-state index < -0.39 is 0 Å². The predicted molar refractivity (Wildman–Crippen MR) is 164 cm³/mol. The number of fused-ring (bicyclic) bond motifs is 3. The Bertz CT molecular complexity index is 1500. The molecule has 1 N–H and O–H groups in total. The topological polar surface area (TPSA) is 105 Å². The Balaban J connectivity index is 1.07. The number of carbonyl (C=O) groups is 2. The smallest absolute Gasteiger partial charge is 0.258 e. The molecule has 0 unspecified atom stereocenters. The zero-order valence-corrected chi connectivity index (χ0v) is 24.9. The van der Waals surface area contributed by atoms with Crippen molar-refractivity contribution in [1.29, 1.82) is 0 Å². The SMILES string of the molecule is O=C(CCCc1nc2ccccc2c(=O)[nH]1)N1CCC2(CCCCOC[C@@H]3CCCN3C(=O)c3ccccc3OC2)CC1. The molecule has 6 rings (SSSR count).